The minimum absolute atomic E-state index is 0.0204. The Labute approximate surface area is 194 Å². The summed E-state index contributed by atoms with van der Waals surface area (Å²) in [6.07, 6.45) is 3.04. The van der Waals surface area contributed by atoms with Gasteiger partial charge in [-0.2, -0.15) is 4.98 Å². The number of pyridine rings is 1. The molecule has 0 bridgehead atoms. The maximum atomic E-state index is 12.6. The molecule has 34 heavy (non-hydrogen) atoms. The first-order valence-corrected chi connectivity index (χ1v) is 10.7. The van der Waals surface area contributed by atoms with E-state index in [0.717, 1.165) is 11.3 Å². The zero-order chi connectivity index (χ0) is 23.7. The Morgan fingerprint density at radius 1 is 1.24 bits per heavy atom. The van der Waals surface area contributed by atoms with Gasteiger partial charge in [-0.25, -0.2) is 14.3 Å². The first kappa shape index (κ1) is 21.3. The predicted molar refractivity (Wildman–Crippen MR) is 120 cm³/mol. The van der Waals surface area contributed by atoms with Crippen LogP contribution in [0.5, 0.6) is 11.6 Å². The summed E-state index contributed by atoms with van der Waals surface area (Å²) in [5.41, 5.74) is 0.660. The van der Waals surface area contributed by atoms with Crippen LogP contribution in [0.3, 0.4) is 0 Å². The van der Waals surface area contributed by atoms with Gasteiger partial charge >= 0.3 is 11.6 Å². The fraction of sp³-hybridized carbons (Fsp3) is 0.0909. The largest absolute Gasteiger partial charge is 0.508 e. The Bertz CT molecular complexity index is 1560. The van der Waals surface area contributed by atoms with Gasteiger partial charge in [0.2, 0.25) is 5.88 Å². The van der Waals surface area contributed by atoms with Gasteiger partial charge in [-0.1, -0.05) is 11.3 Å². The molecule has 0 aliphatic rings. The van der Waals surface area contributed by atoms with E-state index in [1.165, 1.54) is 30.1 Å². The molecular formula is C22H15N5O6S. The van der Waals surface area contributed by atoms with Crippen LogP contribution in [0.4, 0.5) is 0 Å². The third-order valence-electron chi connectivity index (χ3n) is 4.76. The zero-order valence-electron chi connectivity index (χ0n) is 17.5. The Balaban J connectivity index is 1.47. The van der Waals surface area contributed by atoms with Crippen molar-refractivity contribution in [3.8, 4) is 28.0 Å². The number of fused-ring (bicyclic) bond motifs is 1. The Hall–Kier alpha value is -4.58. The van der Waals surface area contributed by atoms with E-state index in [9.17, 15) is 14.7 Å². The summed E-state index contributed by atoms with van der Waals surface area (Å²) in [5.74, 6) is -0.556. The van der Waals surface area contributed by atoms with E-state index >= 15 is 0 Å². The van der Waals surface area contributed by atoms with Crippen molar-refractivity contribution in [1.82, 2.24) is 25.0 Å². The fourth-order valence-corrected chi connectivity index (χ4v) is 4.07. The van der Waals surface area contributed by atoms with Crippen molar-refractivity contribution in [3.63, 3.8) is 0 Å². The molecule has 4 heterocycles. The summed E-state index contributed by atoms with van der Waals surface area (Å²) in [7, 11) is 1.27. The minimum atomic E-state index is -0.675. The molecule has 170 valence electrons. The molecular weight excluding hydrogens is 462 g/mol. The predicted octanol–water partition coefficient (Wildman–Crippen LogP) is 2.96. The Morgan fingerprint density at radius 3 is 2.91 bits per heavy atom. The number of esters is 1. The van der Waals surface area contributed by atoms with Crippen LogP contribution >= 0.6 is 11.3 Å². The van der Waals surface area contributed by atoms with Crippen molar-refractivity contribution < 1.29 is 23.8 Å². The smallest absolute Gasteiger partial charge is 0.362 e. The summed E-state index contributed by atoms with van der Waals surface area (Å²) in [5, 5.41) is 18.5. The van der Waals surface area contributed by atoms with E-state index in [-0.39, 0.29) is 34.4 Å². The van der Waals surface area contributed by atoms with Gasteiger partial charge in [0.05, 0.1) is 19.0 Å². The van der Waals surface area contributed by atoms with E-state index in [4.69, 9.17) is 13.9 Å². The average Bonchev–Trinajstić information content (AvgIpc) is 3.49. The lowest BCUT2D eigenvalue weighted by Gasteiger charge is -2.07. The Morgan fingerprint density at radius 2 is 2.12 bits per heavy atom. The van der Waals surface area contributed by atoms with Crippen molar-refractivity contribution in [3.05, 3.63) is 75.8 Å². The number of rotatable bonds is 6. The van der Waals surface area contributed by atoms with Crippen LogP contribution in [-0.2, 0) is 11.3 Å². The molecule has 0 aliphatic heterocycles. The van der Waals surface area contributed by atoms with Gasteiger partial charge in [-0.3, -0.25) is 4.98 Å². The van der Waals surface area contributed by atoms with Crippen LogP contribution in [0.15, 0.2) is 64.1 Å². The van der Waals surface area contributed by atoms with Crippen molar-refractivity contribution in [1.29, 1.82) is 0 Å². The highest BCUT2D eigenvalue weighted by atomic mass is 32.1. The summed E-state index contributed by atoms with van der Waals surface area (Å²) < 4.78 is 17.3. The van der Waals surface area contributed by atoms with Crippen molar-refractivity contribution in [2.45, 2.75) is 6.61 Å². The second kappa shape index (κ2) is 8.75. The summed E-state index contributed by atoms with van der Waals surface area (Å²) in [6, 6.07) is 11.4. The Kier molecular flexibility index (Phi) is 5.47. The lowest BCUT2D eigenvalue weighted by molar-refractivity contribution is 0.0600. The highest BCUT2D eigenvalue weighted by Crippen LogP contribution is 2.32. The fourth-order valence-electron chi connectivity index (χ4n) is 3.16. The topological polar surface area (TPSA) is 142 Å². The van der Waals surface area contributed by atoms with Crippen LogP contribution in [0.25, 0.3) is 27.4 Å². The number of aromatic nitrogens is 5. The lowest BCUT2D eigenvalue weighted by Crippen LogP contribution is -2.15. The standard InChI is InChI=1S/C22H15N5O6S/c1-31-22(30)18-19(25-20(34-18)15-4-2-3-7-23-15)32-11-13-10-24-26-27(13)16-8-12-5-6-14(28)9-17(12)33-21(16)29/h2-10,28H,11H2,1H3. The number of phenolic OH excluding ortho intramolecular Hbond substituents is 1. The van der Waals surface area contributed by atoms with Crippen LogP contribution in [-0.4, -0.2) is 43.1 Å². The van der Waals surface area contributed by atoms with Crippen LogP contribution in [0, 0.1) is 0 Å². The number of hydrogen-bond donors (Lipinski definition) is 1. The number of carbonyl (C=O) groups is 1. The molecule has 0 unspecified atom stereocenters. The number of benzene rings is 1. The second-order valence-electron chi connectivity index (χ2n) is 6.93. The lowest BCUT2D eigenvalue weighted by atomic mass is 10.2. The third kappa shape index (κ3) is 3.97. The van der Waals surface area contributed by atoms with Gasteiger partial charge in [0, 0.05) is 17.6 Å². The zero-order valence-corrected chi connectivity index (χ0v) is 18.4. The number of ether oxygens (including phenoxy) is 2. The van der Waals surface area contributed by atoms with Crippen LogP contribution in [0.1, 0.15) is 15.4 Å². The van der Waals surface area contributed by atoms with Gasteiger partial charge in [0.15, 0.2) is 10.6 Å². The van der Waals surface area contributed by atoms with Gasteiger partial charge < -0.3 is 19.0 Å². The monoisotopic (exact) mass is 477 g/mol. The molecule has 0 fully saturated rings. The number of phenols is 1. The summed E-state index contributed by atoms with van der Waals surface area (Å²) in [6.45, 7) is -0.102. The van der Waals surface area contributed by atoms with Gasteiger partial charge in [0.1, 0.15) is 28.6 Å². The van der Waals surface area contributed by atoms with E-state index in [1.807, 2.05) is 6.07 Å². The normalized spacial score (nSPS) is 11.0. The van der Waals surface area contributed by atoms with E-state index in [1.54, 1.807) is 30.5 Å². The van der Waals surface area contributed by atoms with E-state index in [2.05, 4.69) is 20.3 Å². The first-order valence-electron chi connectivity index (χ1n) is 9.83. The maximum absolute atomic E-state index is 12.6. The third-order valence-corrected chi connectivity index (χ3v) is 5.80. The van der Waals surface area contributed by atoms with Crippen molar-refractivity contribution >= 4 is 28.3 Å². The SMILES string of the molecule is COC(=O)c1sc(-c2ccccn2)nc1OCc1cnnn1-c1cc2ccc(O)cc2oc1=O. The molecule has 5 rings (SSSR count). The second-order valence-corrected chi connectivity index (χ2v) is 7.93. The van der Waals surface area contributed by atoms with Crippen molar-refractivity contribution in [2.75, 3.05) is 7.11 Å². The number of carbonyl (C=O) groups excluding carboxylic acids is 1. The number of thiazole rings is 1. The van der Waals surface area contributed by atoms with E-state index in [0.29, 0.717) is 21.8 Å². The quantitative estimate of drug-likeness (QED) is 0.286. The molecule has 1 aromatic carbocycles. The molecule has 5 aromatic rings. The first-order chi connectivity index (χ1) is 16.5. The number of methoxy groups -OCH3 is 1. The van der Waals surface area contributed by atoms with Gasteiger partial charge in [-0.15, -0.1) is 16.4 Å². The number of hydrogen-bond acceptors (Lipinski definition) is 11. The molecule has 0 saturated carbocycles. The molecule has 11 nitrogen and oxygen atoms in total. The highest BCUT2D eigenvalue weighted by Gasteiger charge is 2.23. The van der Waals surface area contributed by atoms with Crippen LogP contribution in [0.2, 0.25) is 0 Å². The number of nitrogens with zero attached hydrogens (tertiary/aromatic N) is 5. The molecule has 0 aliphatic carbocycles. The average molecular weight is 477 g/mol. The van der Waals surface area contributed by atoms with Crippen molar-refractivity contribution in [2.24, 2.45) is 0 Å². The molecule has 0 atom stereocenters. The summed E-state index contributed by atoms with van der Waals surface area (Å²) >= 11 is 1.09. The molecule has 4 aromatic heterocycles. The molecule has 0 radical (unpaired) electrons. The molecule has 0 amide bonds. The van der Waals surface area contributed by atoms with E-state index < -0.39 is 11.6 Å². The number of aromatic hydroxyl groups is 1. The van der Waals surface area contributed by atoms with Gasteiger partial charge in [-0.05, 0) is 30.3 Å². The molecule has 1 N–H and O–H groups in total. The molecule has 0 spiro atoms. The summed E-state index contributed by atoms with van der Waals surface area (Å²) in [4.78, 5) is 33.6. The minimum Gasteiger partial charge on any atom is -0.508 e. The highest BCUT2D eigenvalue weighted by molar-refractivity contribution is 7.17. The van der Waals surface area contributed by atoms with Crippen LogP contribution < -0.4 is 10.4 Å². The molecule has 12 heteroatoms. The molecule has 0 saturated heterocycles. The van der Waals surface area contributed by atoms with Gasteiger partial charge in [0.25, 0.3) is 0 Å². The maximum Gasteiger partial charge on any atom is 0.362 e.